The van der Waals surface area contributed by atoms with Gasteiger partial charge in [-0.25, -0.2) is 4.39 Å². The highest BCUT2D eigenvalue weighted by Crippen LogP contribution is 2.47. The molecule has 6 heteroatoms. The molecular formula is C18H17FN2O3. The molecule has 1 fully saturated rings. The molecule has 1 saturated carbocycles. The number of benzene rings is 1. The second kappa shape index (κ2) is 6.70. The number of rotatable bonds is 4. The Kier molecular flexibility index (Phi) is 4.46. The Morgan fingerprint density at radius 1 is 1.21 bits per heavy atom. The van der Waals surface area contributed by atoms with E-state index in [0.29, 0.717) is 17.6 Å². The van der Waals surface area contributed by atoms with E-state index in [1.165, 1.54) is 36.4 Å². The molecule has 2 unspecified atom stereocenters. The molecule has 5 nitrogen and oxygen atoms in total. The zero-order valence-corrected chi connectivity index (χ0v) is 13.1. The van der Waals surface area contributed by atoms with Gasteiger partial charge in [0.1, 0.15) is 17.3 Å². The number of amides is 2. The smallest absolute Gasteiger partial charge is 0.272 e. The van der Waals surface area contributed by atoms with Crippen LogP contribution in [-0.4, -0.2) is 11.8 Å². The molecule has 24 heavy (non-hydrogen) atoms. The highest BCUT2D eigenvalue weighted by atomic mass is 19.1. The van der Waals surface area contributed by atoms with Crippen LogP contribution in [0.4, 0.5) is 4.39 Å². The fourth-order valence-corrected chi connectivity index (χ4v) is 2.41. The van der Waals surface area contributed by atoms with Crippen molar-refractivity contribution < 1.29 is 18.4 Å². The van der Waals surface area contributed by atoms with Crippen LogP contribution in [0.25, 0.3) is 6.08 Å². The van der Waals surface area contributed by atoms with Gasteiger partial charge in [0, 0.05) is 12.0 Å². The van der Waals surface area contributed by atoms with Crippen LogP contribution in [-0.2, 0) is 4.79 Å². The maximum Gasteiger partial charge on any atom is 0.272 e. The molecule has 0 radical (unpaired) electrons. The molecule has 0 saturated heterocycles. The molecule has 0 spiro atoms. The van der Waals surface area contributed by atoms with Crippen molar-refractivity contribution in [2.24, 2.45) is 5.92 Å². The SMILES string of the molecule is CC1CC1c1ccc(/C=C/C(=O)NNC(=O)c2ccccc2F)o1. The van der Waals surface area contributed by atoms with Crippen LogP contribution in [0, 0.1) is 11.7 Å². The minimum atomic E-state index is -0.724. The number of hydrazine groups is 1. The van der Waals surface area contributed by atoms with Crippen molar-refractivity contribution in [1.82, 2.24) is 10.9 Å². The maximum atomic E-state index is 13.4. The van der Waals surface area contributed by atoms with Crippen molar-refractivity contribution in [1.29, 1.82) is 0 Å². The Hall–Kier alpha value is -2.89. The summed E-state index contributed by atoms with van der Waals surface area (Å²) in [5, 5.41) is 0. The summed E-state index contributed by atoms with van der Waals surface area (Å²) in [6, 6.07) is 9.22. The first kappa shape index (κ1) is 16.0. The van der Waals surface area contributed by atoms with Gasteiger partial charge in [0.15, 0.2) is 0 Å². The lowest BCUT2D eigenvalue weighted by Gasteiger charge is -2.05. The summed E-state index contributed by atoms with van der Waals surface area (Å²) in [7, 11) is 0. The van der Waals surface area contributed by atoms with Gasteiger partial charge in [-0.3, -0.25) is 20.4 Å². The van der Waals surface area contributed by atoms with Gasteiger partial charge in [-0.15, -0.1) is 0 Å². The Morgan fingerprint density at radius 3 is 2.67 bits per heavy atom. The van der Waals surface area contributed by atoms with E-state index in [9.17, 15) is 14.0 Å². The molecule has 1 heterocycles. The summed E-state index contributed by atoms with van der Waals surface area (Å²) < 4.78 is 19.1. The van der Waals surface area contributed by atoms with Gasteiger partial charge >= 0.3 is 0 Å². The van der Waals surface area contributed by atoms with E-state index in [0.717, 1.165) is 12.2 Å². The third-order valence-corrected chi connectivity index (χ3v) is 3.94. The Balaban J connectivity index is 1.51. The third kappa shape index (κ3) is 3.71. The van der Waals surface area contributed by atoms with Crippen molar-refractivity contribution in [2.75, 3.05) is 0 Å². The molecule has 0 aliphatic heterocycles. The van der Waals surface area contributed by atoms with Crippen molar-refractivity contribution >= 4 is 17.9 Å². The van der Waals surface area contributed by atoms with Crippen molar-refractivity contribution in [2.45, 2.75) is 19.3 Å². The predicted molar refractivity (Wildman–Crippen MR) is 86.3 cm³/mol. The van der Waals surface area contributed by atoms with E-state index in [4.69, 9.17) is 4.42 Å². The average Bonchev–Trinajstić information content (AvgIpc) is 3.11. The predicted octanol–water partition coefficient (Wildman–Crippen LogP) is 3.02. The monoisotopic (exact) mass is 328 g/mol. The number of nitrogens with one attached hydrogen (secondary N) is 2. The second-order valence-corrected chi connectivity index (χ2v) is 5.82. The molecule has 1 aliphatic carbocycles. The topological polar surface area (TPSA) is 71.3 Å². The highest BCUT2D eigenvalue weighted by Gasteiger charge is 2.36. The van der Waals surface area contributed by atoms with Gasteiger partial charge < -0.3 is 4.42 Å². The Bertz CT molecular complexity index is 797. The fraction of sp³-hybridized carbons (Fsp3) is 0.222. The first-order valence-corrected chi connectivity index (χ1v) is 7.67. The molecule has 2 amide bonds. The van der Waals surface area contributed by atoms with Crippen LogP contribution in [0.3, 0.4) is 0 Å². The number of furan rings is 1. The lowest BCUT2D eigenvalue weighted by molar-refractivity contribution is -0.117. The van der Waals surface area contributed by atoms with Gasteiger partial charge in [0.05, 0.1) is 5.56 Å². The summed E-state index contributed by atoms with van der Waals surface area (Å²) in [4.78, 5) is 23.4. The Morgan fingerprint density at radius 2 is 1.96 bits per heavy atom. The number of hydrogen-bond acceptors (Lipinski definition) is 3. The lowest BCUT2D eigenvalue weighted by Crippen LogP contribution is -2.41. The van der Waals surface area contributed by atoms with Gasteiger partial charge in [0.2, 0.25) is 0 Å². The fourth-order valence-electron chi connectivity index (χ4n) is 2.41. The molecule has 1 aromatic heterocycles. The standard InChI is InChI=1S/C18H17FN2O3/c1-11-10-14(11)16-8-6-12(24-16)7-9-17(22)20-21-18(23)13-4-2-3-5-15(13)19/h2-9,11,14H,10H2,1H3,(H,20,22)(H,21,23)/b9-7+. The van der Waals surface area contributed by atoms with E-state index < -0.39 is 17.6 Å². The molecule has 2 N–H and O–H groups in total. The van der Waals surface area contributed by atoms with Crippen LogP contribution >= 0.6 is 0 Å². The Labute approximate surface area is 138 Å². The van der Waals surface area contributed by atoms with Crippen molar-refractivity contribution in [3.63, 3.8) is 0 Å². The number of carbonyl (C=O) groups excluding carboxylic acids is 2. The molecule has 1 aromatic carbocycles. The number of carbonyl (C=O) groups is 2. The highest BCUT2D eigenvalue weighted by molar-refractivity contribution is 5.97. The van der Waals surface area contributed by atoms with Crippen LogP contribution in [0.1, 0.15) is 41.1 Å². The molecule has 2 atom stereocenters. The first-order chi connectivity index (χ1) is 11.5. The van der Waals surface area contributed by atoms with E-state index in [-0.39, 0.29) is 5.56 Å². The van der Waals surface area contributed by atoms with Gasteiger partial charge in [-0.1, -0.05) is 19.1 Å². The average molecular weight is 328 g/mol. The van der Waals surface area contributed by atoms with Gasteiger partial charge in [-0.05, 0) is 42.7 Å². The van der Waals surface area contributed by atoms with E-state index in [1.54, 1.807) is 6.07 Å². The van der Waals surface area contributed by atoms with Crippen LogP contribution < -0.4 is 10.9 Å². The van der Waals surface area contributed by atoms with Crippen molar-refractivity contribution in [3.8, 4) is 0 Å². The molecule has 0 bridgehead atoms. The van der Waals surface area contributed by atoms with E-state index in [1.807, 2.05) is 6.07 Å². The first-order valence-electron chi connectivity index (χ1n) is 7.67. The summed E-state index contributed by atoms with van der Waals surface area (Å²) in [6.45, 7) is 2.16. The van der Waals surface area contributed by atoms with Gasteiger partial charge in [-0.2, -0.15) is 0 Å². The molecule has 1 aliphatic rings. The molecule has 2 aromatic rings. The zero-order chi connectivity index (χ0) is 17.1. The second-order valence-electron chi connectivity index (χ2n) is 5.82. The quantitative estimate of drug-likeness (QED) is 0.669. The number of halogens is 1. The maximum absolute atomic E-state index is 13.4. The van der Waals surface area contributed by atoms with Crippen LogP contribution in [0.2, 0.25) is 0 Å². The normalized spacial score (nSPS) is 19.2. The van der Waals surface area contributed by atoms with Crippen LogP contribution in [0.5, 0.6) is 0 Å². The van der Waals surface area contributed by atoms with Gasteiger partial charge in [0.25, 0.3) is 11.8 Å². The summed E-state index contributed by atoms with van der Waals surface area (Å²) in [5.74, 6) is 0.688. The zero-order valence-electron chi connectivity index (χ0n) is 13.1. The third-order valence-electron chi connectivity index (χ3n) is 3.94. The largest absolute Gasteiger partial charge is 0.461 e. The lowest BCUT2D eigenvalue weighted by atomic mass is 10.2. The minimum absolute atomic E-state index is 0.143. The summed E-state index contributed by atoms with van der Waals surface area (Å²) in [6.07, 6.45) is 3.88. The summed E-state index contributed by atoms with van der Waals surface area (Å²) >= 11 is 0. The molecule has 3 rings (SSSR count). The number of hydrogen-bond donors (Lipinski definition) is 2. The molecular weight excluding hydrogens is 311 g/mol. The molecule has 124 valence electrons. The van der Waals surface area contributed by atoms with E-state index in [2.05, 4.69) is 17.8 Å². The van der Waals surface area contributed by atoms with E-state index >= 15 is 0 Å². The van der Waals surface area contributed by atoms with Crippen molar-refractivity contribution in [3.05, 3.63) is 65.4 Å². The minimum Gasteiger partial charge on any atom is -0.461 e. The van der Waals surface area contributed by atoms with Crippen LogP contribution in [0.15, 0.2) is 46.9 Å². The summed E-state index contributed by atoms with van der Waals surface area (Å²) in [5.41, 5.74) is 4.21.